The van der Waals surface area contributed by atoms with E-state index in [0.29, 0.717) is 17.9 Å². The molecule has 0 radical (unpaired) electrons. The first-order valence-corrected chi connectivity index (χ1v) is 11.4. The van der Waals surface area contributed by atoms with E-state index in [1.54, 1.807) is 10.7 Å². The molecule has 0 atom stereocenters. The first-order chi connectivity index (χ1) is 15.2. The molecular formula is C25H29N5O. The maximum atomic E-state index is 5.39. The number of hydrogen-bond donors (Lipinski definition) is 1. The number of pyridine rings is 1. The summed E-state index contributed by atoms with van der Waals surface area (Å²) in [5.74, 6) is 1.08. The van der Waals surface area contributed by atoms with Crippen LogP contribution in [0.3, 0.4) is 0 Å². The Morgan fingerprint density at radius 3 is 2.68 bits per heavy atom. The summed E-state index contributed by atoms with van der Waals surface area (Å²) in [6.07, 6.45) is 6.27. The summed E-state index contributed by atoms with van der Waals surface area (Å²) in [5.41, 5.74) is 7.52. The van der Waals surface area contributed by atoms with Crippen LogP contribution in [0.5, 0.6) is 0 Å². The number of benzene rings is 1. The van der Waals surface area contributed by atoms with E-state index < -0.39 is 0 Å². The van der Waals surface area contributed by atoms with Gasteiger partial charge >= 0.3 is 0 Å². The van der Waals surface area contributed by atoms with Crippen molar-refractivity contribution >= 4 is 16.4 Å². The molecule has 2 aliphatic heterocycles. The molecule has 160 valence electrons. The lowest BCUT2D eigenvalue weighted by Crippen LogP contribution is -2.51. The van der Waals surface area contributed by atoms with Crippen LogP contribution in [0.25, 0.3) is 27.7 Å². The number of hydrogen-bond acceptors (Lipinski definition) is 4. The number of piperidine rings is 1. The van der Waals surface area contributed by atoms with Crippen LogP contribution in [0, 0.1) is 0 Å². The largest absolute Gasteiger partial charge is 0.378 e. The van der Waals surface area contributed by atoms with Crippen LogP contribution in [-0.4, -0.2) is 57.1 Å². The molecule has 0 saturated carbocycles. The van der Waals surface area contributed by atoms with Crippen LogP contribution in [0.4, 0.5) is 0 Å². The topological polar surface area (TPSA) is 58.5 Å². The molecule has 1 N–H and O–H groups in total. The van der Waals surface area contributed by atoms with E-state index in [-0.39, 0.29) is 0 Å². The predicted molar refractivity (Wildman–Crippen MR) is 123 cm³/mol. The maximum Gasteiger partial charge on any atom is 0.0871 e. The second kappa shape index (κ2) is 7.46. The number of aromatic amines is 1. The Hall–Kier alpha value is -2.70. The maximum absolute atomic E-state index is 5.39. The van der Waals surface area contributed by atoms with Crippen molar-refractivity contribution in [3.63, 3.8) is 0 Å². The third-order valence-corrected chi connectivity index (χ3v) is 7.17. The smallest absolute Gasteiger partial charge is 0.0871 e. The first-order valence-electron chi connectivity index (χ1n) is 11.4. The Balaban J connectivity index is 1.35. The monoisotopic (exact) mass is 415 g/mol. The van der Waals surface area contributed by atoms with Gasteiger partial charge in [-0.1, -0.05) is 25.1 Å². The molecule has 1 aromatic carbocycles. The SMILES string of the molecule is CC(C)c1c(-c2ccn3nncc3c2)[nH]c2ccc(C3CCN(C4COC4)CC3)cc12. The van der Waals surface area contributed by atoms with Crippen LogP contribution in [-0.2, 0) is 4.74 Å². The Morgan fingerprint density at radius 2 is 1.94 bits per heavy atom. The molecule has 0 unspecified atom stereocenters. The van der Waals surface area contributed by atoms with Gasteiger partial charge < -0.3 is 9.72 Å². The van der Waals surface area contributed by atoms with Crippen molar-refractivity contribution in [3.8, 4) is 11.3 Å². The van der Waals surface area contributed by atoms with Crippen LogP contribution < -0.4 is 0 Å². The Bertz CT molecular complexity index is 1230. The third-order valence-electron chi connectivity index (χ3n) is 7.17. The van der Waals surface area contributed by atoms with Gasteiger partial charge in [0.05, 0.1) is 36.7 Å². The number of likely N-dealkylation sites (tertiary alicyclic amines) is 1. The minimum Gasteiger partial charge on any atom is -0.378 e. The summed E-state index contributed by atoms with van der Waals surface area (Å²) in [6.45, 7) is 8.79. The molecule has 2 saturated heterocycles. The third kappa shape index (κ3) is 3.25. The lowest BCUT2D eigenvalue weighted by molar-refractivity contribution is -0.0712. The van der Waals surface area contributed by atoms with Crippen LogP contribution in [0.15, 0.2) is 42.7 Å². The molecule has 0 aliphatic carbocycles. The first kappa shape index (κ1) is 19.0. The number of nitrogens with one attached hydrogen (secondary N) is 1. The summed E-state index contributed by atoms with van der Waals surface area (Å²) in [4.78, 5) is 6.33. The number of rotatable bonds is 4. The second-order valence-corrected chi connectivity index (χ2v) is 9.39. The lowest BCUT2D eigenvalue weighted by atomic mass is 9.87. The zero-order valence-electron chi connectivity index (χ0n) is 18.2. The fourth-order valence-corrected chi connectivity index (χ4v) is 5.33. The van der Waals surface area contributed by atoms with Crippen molar-refractivity contribution in [2.45, 2.75) is 44.6 Å². The van der Waals surface area contributed by atoms with Gasteiger partial charge in [-0.05, 0) is 73.2 Å². The molecule has 4 aromatic rings. The van der Waals surface area contributed by atoms with E-state index >= 15 is 0 Å². The van der Waals surface area contributed by atoms with E-state index in [1.165, 1.54) is 59.2 Å². The average molecular weight is 416 g/mol. The van der Waals surface area contributed by atoms with Gasteiger partial charge in [0.25, 0.3) is 0 Å². The normalized spacial score (nSPS) is 18.9. The number of fused-ring (bicyclic) bond motifs is 2. The van der Waals surface area contributed by atoms with Crippen molar-refractivity contribution in [1.82, 2.24) is 24.7 Å². The molecule has 3 aromatic heterocycles. The summed E-state index contributed by atoms with van der Waals surface area (Å²) >= 11 is 0. The molecule has 0 bridgehead atoms. The molecular weight excluding hydrogens is 386 g/mol. The van der Waals surface area contributed by atoms with Gasteiger partial charge in [0, 0.05) is 22.7 Å². The fourth-order valence-electron chi connectivity index (χ4n) is 5.33. The van der Waals surface area contributed by atoms with Crippen molar-refractivity contribution in [2.24, 2.45) is 0 Å². The van der Waals surface area contributed by atoms with Gasteiger partial charge in [-0.3, -0.25) is 4.90 Å². The highest BCUT2D eigenvalue weighted by atomic mass is 16.5. The van der Waals surface area contributed by atoms with Crippen molar-refractivity contribution < 1.29 is 4.74 Å². The zero-order valence-corrected chi connectivity index (χ0v) is 18.2. The highest BCUT2D eigenvalue weighted by molar-refractivity contribution is 5.92. The summed E-state index contributed by atoms with van der Waals surface area (Å²) < 4.78 is 7.19. The van der Waals surface area contributed by atoms with Crippen molar-refractivity contribution in [2.75, 3.05) is 26.3 Å². The molecule has 6 heteroatoms. The second-order valence-electron chi connectivity index (χ2n) is 9.39. The molecule has 0 spiro atoms. The van der Waals surface area contributed by atoms with Crippen LogP contribution >= 0.6 is 0 Å². The highest BCUT2D eigenvalue weighted by Gasteiger charge is 2.30. The molecule has 5 heterocycles. The van der Waals surface area contributed by atoms with Gasteiger partial charge in [0.2, 0.25) is 0 Å². The summed E-state index contributed by atoms with van der Waals surface area (Å²) in [5, 5.41) is 9.47. The van der Waals surface area contributed by atoms with E-state index in [9.17, 15) is 0 Å². The van der Waals surface area contributed by atoms with E-state index in [1.807, 2.05) is 6.20 Å². The van der Waals surface area contributed by atoms with Gasteiger partial charge in [-0.15, -0.1) is 5.10 Å². The number of nitrogens with zero attached hydrogens (tertiary/aromatic N) is 4. The molecule has 6 nitrogen and oxygen atoms in total. The molecule has 0 amide bonds. The Labute approximate surface area is 182 Å². The molecule has 2 fully saturated rings. The van der Waals surface area contributed by atoms with Crippen molar-refractivity contribution in [1.29, 1.82) is 0 Å². The Morgan fingerprint density at radius 1 is 1.10 bits per heavy atom. The van der Waals surface area contributed by atoms with Gasteiger partial charge in [0.1, 0.15) is 0 Å². The molecule has 2 aliphatic rings. The van der Waals surface area contributed by atoms with E-state index in [4.69, 9.17) is 4.74 Å². The highest BCUT2D eigenvalue weighted by Crippen LogP contribution is 2.38. The minimum atomic E-state index is 0.429. The van der Waals surface area contributed by atoms with Gasteiger partial charge in [-0.25, -0.2) is 4.52 Å². The number of ether oxygens (including phenoxy) is 1. The summed E-state index contributed by atoms with van der Waals surface area (Å²) in [7, 11) is 0. The average Bonchev–Trinajstić information content (AvgIpc) is 3.36. The lowest BCUT2D eigenvalue weighted by Gasteiger charge is -2.41. The van der Waals surface area contributed by atoms with Crippen LogP contribution in [0.2, 0.25) is 0 Å². The summed E-state index contributed by atoms with van der Waals surface area (Å²) in [6, 6.07) is 12.0. The standard InChI is InChI=1S/C25H29N5O/c1-16(2)24-22-12-18(17-5-8-29(9-6-17)21-14-31-15-21)3-4-23(22)27-25(24)19-7-10-30-20(11-19)13-26-28-30/h3-4,7,10-13,16-17,21,27H,5-6,8-9,14-15H2,1-2H3. The molecule has 6 rings (SSSR count). The number of aromatic nitrogens is 4. The van der Waals surface area contributed by atoms with Gasteiger partial charge in [0.15, 0.2) is 0 Å². The van der Waals surface area contributed by atoms with Crippen LogP contribution in [0.1, 0.15) is 49.7 Å². The van der Waals surface area contributed by atoms with Gasteiger partial charge in [-0.2, -0.15) is 0 Å². The van der Waals surface area contributed by atoms with E-state index in [2.05, 4.69) is 64.4 Å². The molecule has 31 heavy (non-hydrogen) atoms. The Kier molecular flexibility index (Phi) is 4.58. The number of H-pyrrole nitrogens is 1. The van der Waals surface area contributed by atoms with E-state index in [0.717, 1.165) is 18.7 Å². The zero-order chi connectivity index (χ0) is 20.9. The predicted octanol–water partition coefficient (Wildman–Crippen LogP) is 4.58. The van der Waals surface area contributed by atoms with Crippen molar-refractivity contribution in [3.05, 3.63) is 53.9 Å². The fraction of sp³-hybridized carbons (Fsp3) is 0.440. The minimum absolute atomic E-state index is 0.429. The quantitative estimate of drug-likeness (QED) is 0.530.